The van der Waals surface area contributed by atoms with Gasteiger partial charge in [0, 0.05) is 0 Å². The molecule has 2 unspecified atom stereocenters. The normalized spacial score (nSPS) is 14.3. The first-order valence-corrected chi connectivity index (χ1v) is 9.72. The summed E-state index contributed by atoms with van der Waals surface area (Å²) < 4.78 is 9.00. The summed E-state index contributed by atoms with van der Waals surface area (Å²) in [5.74, 6) is 1.37. The van der Waals surface area contributed by atoms with Gasteiger partial charge in [0.2, 0.25) is 0 Å². The summed E-state index contributed by atoms with van der Waals surface area (Å²) in [6.07, 6.45) is 10.6. The molecule has 0 saturated heterocycles. The molecule has 0 aliphatic rings. The fourth-order valence-corrected chi connectivity index (χ4v) is 3.96. The molecule has 0 radical (unpaired) electrons. The summed E-state index contributed by atoms with van der Waals surface area (Å²) in [7, 11) is 0. The van der Waals surface area contributed by atoms with Crippen LogP contribution in [0.25, 0.3) is 11.0 Å². The lowest BCUT2D eigenvalue weighted by molar-refractivity contribution is 0.383. The molecule has 22 heavy (non-hydrogen) atoms. The number of hydrogen-bond acceptors (Lipinski definition) is 3. The van der Waals surface area contributed by atoms with Gasteiger partial charge < -0.3 is 0 Å². The van der Waals surface area contributed by atoms with Gasteiger partial charge in [-0.15, -0.1) is 0 Å². The van der Waals surface area contributed by atoms with E-state index in [1.54, 1.807) is 0 Å². The number of rotatable bonds is 10. The third-order valence-corrected chi connectivity index (χ3v) is 5.33. The van der Waals surface area contributed by atoms with Crippen LogP contribution in [-0.2, 0) is 0 Å². The Hall–Kier alpha value is -0.960. The van der Waals surface area contributed by atoms with E-state index in [0.717, 1.165) is 17.0 Å². The van der Waals surface area contributed by atoms with Crippen LogP contribution in [0, 0.1) is 5.92 Å². The van der Waals surface area contributed by atoms with Crippen molar-refractivity contribution in [3.63, 3.8) is 0 Å². The van der Waals surface area contributed by atoms with E-state index in [9.17, 15) is 0 Å². The fourth-order valence-electron chi connectivity index (χ4n) is 3.40. The Morgan fingerprint density at radius 2 is 1.68 bits per heavy atom. The van der Waals surface area contributed by atoms with Crippen molar-refractivity contribution < 1.29 is 0 Å². The zero-order valence-electron chi connectivity index (χ0n) is 14.3. The van der Waals surface area contributed by atoms with E-state index in [2.05, 4.69) is 47.7 Å². The third-order valence-electron chi connectivity index (χ3n) is 4.79. The topological polar surface area (TPSA) is 25.8 Å². The van der Waals surface area contributed by atoms with E-state index in [0.29, 0.717) is 5.92 Å². The molecule has 122 valence electrons. The lowest BCUT2D eigenvalue weighted by Crippen LogP contribution is -2.11. The van der Waals surface area contributed by atoms with Gasteiger partial charge in [0.05, 0.1) is 11.7 Å². The second-order valence-electron chi connectivity index (χ2n) is 6.55. The first kappa shape index (κ1) is 17.4. The van der Waals surface area contributed by atoms with Crippen molar-refractivity contribution in [2.24, 2.45) is 5.92 Å². The van der Waals surface area contributed by atoms with Crippen molar-refractivity contribution in [3.8, 4) is 0 Å². The summed E-state index contributed by atoms with van der Waals surface area (Å²) in [6.45, 7) is 7.00. The standard InChI is InChI=1S/C19H30N2S/c1-4-6-8-11-15(3)16(12-9-7-5-2)17-13-10-14-18-19(17)21-22-20-18/h10,13-16H,4-9,11-12H2,1-3H3. The zero-order chi connectivity index (χ0) is 15.8. The average Bonchev–Trinajstić information content (AvgIpc) is 3.00. The quantitative estimate of drug-likeness (QED) is 0.463. The highest BCUT2D eigenvalue weighted by Crippen LogP contribution is 2.36. The van der Waals surface area contributed by atoms with Crippen LogP contribution in [-0.4, -0.2) is 8.75 Å². The van der Waals surface area contributed by atoms with Crippen LogP contribution in [0.2, 0.25) is 0 Å². The molecule has 1 aromatic carbocycles. The van der Waals surface area contributed by atoms with Gasteiger partial charge in [-0.25, -0.2) is 0 Å². The van der Waals surface area contributed by atoms with Crippen molar-refractivity contribution in [2.75, 3.05) is 0 Å². The SMILES string of the molecule is CCCCCC(C)C(CCCCC)c1cccc2nsnc12. The molecule has 0 N–H and O–H groups in total. The highest BCUT2D eigenvalue weighted by molar-refractivity contribution is 7.00. The molecule has 0 aliphatic carbocycles. The predicted octanol–water partition coefficient (Wildman–Crippen LogP) is 6.57. The van der Waals surface area contributed by atoms with Gasteiger partial charge in [0.25, 0.3) is 0 Å². The minimum absolute atomic E-state index is 0.635. The molecule has 2 rings (SSSR count). The van der Waals surface area contributed by atoms with Gasteiger partial charge in [-0.2, -0.15) is 8.75 Å². The van der Waals surface area contributed by atoms with Crippen LogP contribution in [0.1, 0.15) is 83.6 Å². The summed E-state index contributed by atoms with van der Waals surface area (Å²) in [5.41, 5.74) is 3.66. The molecule has 3 heteroatoms. The number of unbranched alkanes of at least 4 members (excludes halogenated alkanes) is 4. The van der Waals surface area contributed by atoms with E-state index in [4.69, 9.17) is 0 Å². The largest absolute Gasteiger partial charge is 0.173 e. The second-order valence-corrected chi connectivity index (χ2v) is 7.08. The maximum Gasteiger partial charge on any atom is 0.108 e. The smallest absolute Gasteiger partial charge is 0.108 e. The number of fused-ring (bicyclic) bond motifs is 1. The molecule has 1 heterocycles. The molecule has 2 aromatic rings. The van der Waals surface area contributed by atoms with E-state index >= 15 is 0 Å². The van der Waals surface area contributed by atoms with Crippen LogP contribution in [0.15, 0.2) is 18.2 Å². The summed E-state index contributed by atoms with van der Waals surface area (Å²) in [4.78, 5) is 0. The van der Waals surface area contributed by atoms with Gasteiger partial charge >= 0.3 is 0 Å². The molecule has 0 amide bonds. The Labute approximate surface area is 139 Å². The molecule has 1 aromatic heterocycles. The second kappa shape index (κ2) is 9.24. The summed E-state index contributed by atoms with van der Waals surface area (Å²) in [6, 6.07) is 6.54. The highest BCUT2D eigenvalue weighted by Gasteiger charge is 2.22. The van der Waals surface area contributed by atoms with E-state index in [1.165, 1.54) is 68.7 Å². The van der Waals surface area contributed by atoms with Crippen molar-refractivity contribution >= 4 is 22.8 Å². The van der Waals surface area contributed by atoms with Gasteiger partial charge in [0.1, 0.15) is 11.0 Å². The van der Waals surface area contributed by atoms with E-state index in [-0.39, 0.29) is 0 Å². The minimum Gasteiger partial charge on any atom is -0.173 e. The predicted molar refractivity (Wildman–Crippen MR) is 97.6 cm³/mol. The maximum atomic E-state index is 4.58. The number of hydrogen-bond donors (Lipinski definition) is 0. The lowest BCUT2D eigenvalue weighted by atomic mass is 9.80. The highest BCUT2D eigenvalue weighted by atomic mass is 32.1. The average molecular weight is 319 g/mol. The third kappa shape index (κ3) is 4.52. The van der Waals surface area contributed by atoms with Crippen molar-refractivity contribution in [1.82, 2.24) is 8.75 Å². The van der Waals surface area contributed by atoms with E-state index in [1.807, 2.05) is 0 Å². The van der Waals surface area contributed by atoms with Crippen LogP contribution < -0.4 is 0 Å². The molecular weight excluding hydrogens is 288 g/mol. The Kier molecular flexibility index (Phi) is 7.31. The zero-order valence-corrected chi connectivity index (χ0v) is 15.2. The number of benzene rings is 1. The van der Waals surface area contributed by atoms with Crippen molar-refractivity contribution in [3.05, 3.63) is 23.8 Å². The molecule has 2 nitrogen and oxygen atoms in total. The summed E-state index contributed by atoms with van der Waals surface area (Å²) >= 11 is 1.35. The molecular formula is C19H30N2S. The van der Waals surface area contributed by atoms with Gasteiger partial charge in [0.15, 0.2) is 0 Å². The van der Waals surface area contributed by atoms with E-state index < -0.39 is 0 Å². The lowest BCUT2D eigenvalue weighted by Gasteiger charge is -2.25. The first-order chi connectivity index (χ1) is 10.8. The Balaban J connectivity index is 2.17. The fraction of sp³-hybridized carbons (Fsp3) is 0.684. The van der Waals surface area contributed by atoms with Crippen LogP contribution >= 0.6 is 11.7 Å². The first-order valence-electron chi connectivity index (χ1n) is 8.99. The Morgan fingerprint density at radius 1 is 0.955 bits per heavy atom. The molecule has 2 atom stereocenters. The molecule has 0 spiro atoms. The maximum absolute atomic E-state index is 4.58. The molecule has 0 bridgehead atoms. The Morgan fingerprint density at radius 3 is 2.41 bits per heavy atom. The van der Waals surface area contributed by atoms with Crippen molar-refractivity contribution in [1.29, 1.82) is 0 Å². The van der Waals surface area contributed by atoms with Crippen LogP contribution in [0.4, 0.5) is 0 Å². The number of aromatic nitrogens is 2. The van der Waals surface area contributed by atoms with Crippen molar-refractivity contribution in [2.45, 2.75) is 78.1 Å². The number of nitrogens with zero attached hydrogens (tertiary/aromatic N) is 2. The molecule has 0 aliphatic heterocycles. The Bertz CT molecular complexity index is 549. The monoisotopic (exact) mass is 318 g/mol. The van der Waals surface area contributed by atoms with Crippen LogP contribution in [0.3, 0.4) is 0 Å². The molecule has 0 saturated carbocycles. The minimum atomic E-state index is 0.635. The van der Waals surface area contributed by atoms with Gasteiger partial charge in [-0.05, 0) is 29.9 Å². The van der Waals surface area contributed by atoms with Crippen LogP contribution in [0.5, 0.6) is 0 Å². The van der Waals surface area contributed by atoms with Gasteiger partial charge in [-0.3, -0.25) is 0 Å². The summed E-state index contributed by atoms with van der Waals surface area (Å²) in [5, 5.41) is 0. The van der Waals surface area contributed by atoms with Gasteiger partial charge in [-0.1, -0.05) is 77.8 Å². The molecule has 0 fully saturated rings.